The van der Waals surface area contributed by atoms with Crippen LogP contribution in [0.3, 0.4) is 0 Å². The lowest BCUT2D eigenvalue weighted by atomic mass is 10.0. The van der Waals surface area contributed by atoms with Crippen molar-refractivity contribution in [2.45, 2.75) is 6.04 Å². The van der Waals surface area contributed by atoms with Gasteiger partial charge in [0.15, 0.2) is 0 Å². The van der Waals surface area contributed by atoms with Gasteiger partial charge in [0.2, 0.25) is 0 Å². The molecule has 1 atom stereocenters. The minimum Gasteiger partial charge on any atom is -0.506 e. The van der Waals surface area contributed by atoms with Gasteiger partial charge >= 0.3 is 0 Å². The van der Waals surface area contributed by atoms with Gasteiger partial charge in [0, 0.05) is 10.9 Å². The number of benzene rings is 1. The molecule has 3 N–H and O–H groups in total. The number of rotatable bonds is 3. The molecule has 1 aromatic heterocycles. The van der Waals surface area contributed by atoms with Crippen molar-refractivity contribution < 1.29 is 10.0 Å². The Balaban J connectivity index is 2.61. The molecule has 0 radical (unpaired) electrons. The maximum atomic E-state index is 11.0. The van der Waals surface area contributed by atoms with Crippen LogP contribution in [0.2, 0.25) is 5.02 Å². The predicted octanol–water partition coefficient (Wildman–Crippen LogP) is 3.06. The fraction of sp³-hybridized carbons (Fsp3) is 0.0909. The van der Waals surface area contributed by atoms with E-state index in [9.17, 15) is 15.2 Å². The zero-order valence-electron chi connectivity index (χ0n) is 9.04. The third kappa shape index (κ3) is 2.17. The lowest BCUT2D eigenvalue weighted by molar-refractivity contribution is -0.385. The molecule has 2 aromatic rings. The summed E-state index contributed by atoms with van der Waals surface area (Å²) in [6.07, 6.45) is 0. The predicted molar refractivity (Wildman–Crippen MR) is 70.1 cm³/mol. The highest BCUT2D eigenvalue weighted by atomic mass is 35.5. The first-order valence-electron chi connectivity index (χ1n) is 4.97. The third-order valence-electron chi connectivity index (χ3n) is 2.50. The molecule has 0 fully saturated rings. The zero-order valence-corrected chi connectivity index (χ0v) is 10.6. The Morgan fingerprint density at radius 2 is 2.17 bits per heavy atom. The number of nitrogens with two attached hydrogens (primary N) is 1. The molecule has 0 amide bonds. The summed E-state index contributed by atoms with van der Waals surface area (Å²) in [6, 6.07) is 5.28. The summed E-state index contributed by atoms with van der Waals surface area (Å²) < 4.78 is 0. The van der Waals surface area contributed by atoms with Gasteiger partial charge in [-0.1, -0.05) is 17.7 Å². The third-order valence-corrected chi connectivity index (χ3v) is 3.76. The fourth-order valence-electron chi connectivity index (χ4n) is 1.65. The standard InChI is InChI=1S/C11H9ClN2O3S/c12-6-3-4-7(14(16)17)9(11(6)15)10(13)8-2-1-5-18-8/h1-5,10,15H,13H2/t10-/m1/s1. The number of nitro groups is 1. The first kappa shape index (κ1) is 12.8. The summed E-state index contributed by atoms with van der Waals surface area (Å²) in [7, 11) is 0. The molecule has 0 spiro atoms. The van der Waals surface area contributed by atoms with Crippen LogP contribution in [0.1, 0.15) is 16.5 Å². The maximum absolute atomic E-state index is 11.0. The number of phenols is 1. The highest BCUT2D eigenvalue weighted by Crippen LogP contribution is 2.40. The van der Waals surface area contributed by atoms with E-state index in [0.717, 1.165) is 4.88 Å². The molecule has 0 aliphatic carbocycles. The number of hydrogen-bond donors (Lipinski definition) is 2. The molecule has 94 valence electrons. The van der Waals surface area contributed by atoms with Crippen LogP contribution in [0, 0.1) is 10.1 Å². The lowest BCUT2D eigenvalue weighted by Gasteiger charge is -2.13. The molecule has 7 heteroatoms. The Hall–Kier alpha value is -1.63. The molecule has 0 unspecified atom stereocenters. The number of thiophene rings is 1. The van der Waals surface area contributed by atoms with E-state index in [2.05, 4.69) is 0 Å². The Morgan fingerprint density at radius 1 is 1.44 bits per heavy atom. The fourth-order valence-corrected chi connectivity index (χ4v) is 2.55. The first-order valence-corrected chi connectivity index (χ1v) is 6.23. The maximum Gasteiger partial charge on any atom is 0.278 e. The number of nitrogens with zero attached hydrogens (tertiary/aromatic N) is 1. The molecule has 0 saturated heterocycles. The van der Waals surface area contributed by atoms with E-state index in [4.69, 9.17) is 17.3 Å². The van der Waals surface area contributed by atoms with Crippen LogP contribution in [-0.2, 0) is 0 Å². The largest absolute Gasteiger partial charge is 0.506 e. The van der Waals surface area contributed by atoms with Crippen LogP contribution >= 0.6 is 22.9 Å². The van der Waals surface area contributed by atoms with E-state index in [0.29, 0.717) is 0 Å². The highest BCUT2D eigenvalue weighted by Gasteiger charge is 2.26. The molecule has 18 heavy (non-hydrogen) atoms. The molecule has 5 nitrogen and oxygen atoms in total. The van der Waals surface area contributed by atoms with Gasteiger partial charge in [-0.15, -0.1) is 11.3 Å². The summed E-state index contributed by atoms with van der Waals surface area (Å²) in [5.41, 5.74) is 5.76. The van der Waals surface area contributed by atoms with E-state index in [1.54, 1.807) is 12.1 Å². The molecule has 0 aliphatic rings. The van der Waals surface area contributed by atoms with E-state index < -0.39 is 11.0 Å². The highest BCUT2D eigenvalue weighted by molar-refractivity contribution is 7.10. The van der Waals surface area contributed by atoms with Gasteiger partial charge in [0.1, 0.15) is 5.75 Å². The average molecular weight is 285 g/mol. The normalized spacial score (nSPS) is 12.3. The van der Waals surface area contributed by atoms with E-state index in [-0.39, 0.29) is 22.0 Å². The summed E-state index contributed by atoms with van der Waals surface area (Å²) in [5, 5.41) is 22.7. The van der Waals surface area contributed by atoms with Gasteiger partial charge in [-0.2, -0.15) is 0 Å². The average Bonchev–Trinajstić information content (AvgIpc) is 2.84. The van der Waals surface area contributed by atoms with Crippen molar-refractivity contribution in [1.82, 2.24) is 0 Å². The van der Waals surface area contributed by atoms with Gasteiger partial charge in [0.25, 0.3) is 5.69 Å². The molecular formula is C11H9ClN2O3S. The van der Waals surface area contributed by atoms with Crippen LogP contribution < -0.4 is 5.73 Å². The first-order chi connectivity index (χ1) is 8.52. The van der Waals surface area contributed by atoms with Crippen molar-refractivity contribution in [2.24, 2.45) is 5.73 Å². The van der Waals surface area contributed by atoms with E-state index in [1.807, 2.05) is 5.38 Å². The van der Waals surface area contributed by atoms with Gasteiger partial charge in [-0.3, -0.25) is 10.1 Å². The Bertz CT molecular complexity index is 586. The second-order valence-electron chi connectivity index (χ2n) is 3.58. The Kier molecular flexibility index (Phi) is 3.51. The van der Waals surface area contributed by atoms with Gasteiger partial charge < -0.3 is 10.8 Å². The van der Waals surface area contributed by atoms with Crippen LogP contribution in [0.5, 0.6) is 5.75 Å². The molecule has 0 saturated carbocycles. The molecule has 2 rings (SSSR count). The van der Waals surface area contributed by atoms with E-state index >= 15 is 0 Å². The second-order valence-corrected chi connectivity index (χ2v) is 4.97. The quantitative estimate of drug-likeness (QED) is 0.669. The zero-order chi connectivity index (χ0) is 13.3. The second kappa shape index (κ2) is 4.93. The van der Waals surface area contributed by atoms with Crippen LogP contribution in [0.4, 0.5) is 5.69 Å². The summed E-state index contributed by atoms with van der Waals surface area (Å²) in [6.45, 7) is 0. The SMILES string of the molecule is N[C@H](c1cccs1)c1c([N+](=O)[O-])ccc(Cl)c1O. The summed E-state index contributed by atoms with van der Waals surface area (Å²) in [5.74, 6) is -0.341. The molecular weight excluding hydrogens is 276 g/mol. The number of nitro benzene ring substituents is 1. The van der Waals surface area contributed by atoms with Crippen LogP contribution in [0.15, 0.2) is 29.6 Å². The Morgan fingerprint density at radius 3 is 2.72 bits per heavy atom. The van der Waals surface area contributed by atoms with Gasteiger partial charge in [0.05, 0.1) is 21.6 Å². The van der Waals surface area contributed by atoms with E-state index in [1.165, 1.54) is 23.5 Å². The van der Waals surface area contributed by atoms with Gasteiger partial charge in [-0.05, 0) is 17.5 Å². The molecule has 0 aliphatic heterocycles. The van der Waals surface area contributed by atoms with Crippen molar-refractivity contribution in [3.8, 4) is 5.75 Å². The smallest absolute Gasteiger partial charge is 0.278 e. The monoisotopic (exact) mass is 284 g/mol. The van der Waals surface area contributed by atoms with Crippen LogP contribution in [0.25, 0.3) is 0 Å². The lowest BCUT2D eigenvalue weighted by Crippen LogP contribution is -2.13. The summed E-state index contributed by atoms with van der Waals surface area (Å²) in [4.78, 5) is 11.1. The van der Waals surface area contributed by atoms with Crippen LogP contribution in [-0.4, -0.2) is 10.0 Å². The molecule has 1 aromatic carbocycles. The van der Waals surface area contributed by atoms with Crippen molar-refractivity contribution in [3.05, 3.63) is 55.2 Å². The minimum atomic E-state index is -0.774. The molecule has 0 bridgehead atoms. The van der Waals surface area contributed by atoms with Crippen molar-refractivity contribution in [3.63, 3.8) is 0 Å². The van der Waals surface area contributed by atoms with Crippen molar-refractivity contribution in [1.29, 1.82) is 0 Å². The minimum absolute atomic E-state index is 0.0370. The Labute approximate surface area is 112 Å². The number of phenolic OH excluding ortho intramolecular Hbond substituents is 1. The van der Waals surface area contributed by atoms with Crippen molar-refractivity contribution >= 4 is 28.6 Å². The van der Waals surface area contributed by atoms with Gasteiger partial charge in [-0.25, -0.2) is 0 Å². The molecule has 1 heterocycles. The van der Waals surface area contributed by atoms with Crippen molar-refractivity contribution in [2.75, 3.05) is 0 Å². The summed E-state index contributed by atoms with van der Waals surface area (Å²) >= 11 is 7.13. The number of aromatic hydroxyl groups is 1. The number of hydrogen-bond acceptors (Lipinski definition) is 5. The topological polar surface area (TPSA) is 89.4 Å². The number of halogens is 1.